The molecule has 1 unspecified atom stereocenters. The second-order valence-electron chi connectivity index (χ2n) is 6.61. The van der Waals surface area contributed by atoms with Crippen LogP contribution in [0.25, 0.3) is 0 Å². The highest BCUT2D eigenvalue weighted by Crippen LogP contribution is 2.32. The summed E-state index contributed by atoms with van der Waals surface area (Å²) in [7, 11) is 0. The number of imide groups is 2. The van der Waals surface area contributed by atoms with E-state index in [9.17, 15) is 24.0 Å². The SMILES string of the molecule is O=C1CCC(=O)N1CC(=O)N1C(=O)C2CCCN2C(=O)c2ccccc21. The van der Waals surface area contributed by atoms with E-state index in [4.69, 9.17) is 0 Å². The Morgan fingerprint density at radius 2 is 1.73 bits per heavy atom. The Bertz CT molecular complexity index is 833. The summed E-state index contributed by atoms with van der Waals surface area (Å²) >= 11 is 0. The maximum absolute atomic E-state index is 13.0. The van der Waals surface area contributed by atoms with Crippen molar-refractivity contribution in [1.29, 1.82) is 0 Å². The quantitative estimate of drug-likeness (QED) is 0.712. The minimum atomic E-state index is -0.691. The maximum atomic E-state index is 13.0. The van der Waals surface area contributed by atoms with Crippen molar-refractivity contribution in [2.24, 2.45) is 0 Å². The number of rotatable bonds is 2. The Morgan fingerprint density at radius 1 is 1.04 bits per heavy atom. The molecule has 3 aliphatic heterocycles. The summed E-state index contributed by atoms with van der Waals surface area (Å²) in [6.45, 7) is -0.0205. The number of likely N-dealkylation sites (tertiary alicyclic amines) is 1. The fourth-order valence-corrected chi connectivity index (χ4v) is 3.80. The average Bonchev–Trinajstić information content (AvgIpc) is 3.22. The monoisotopic (exact) mass is 355 g/mol. The largest absolute Gasteiger partial charge is 0.327 e. The number of carbonyl (C=O) groups is 5. The summed E-state index contributed by atoms with van der Waals surface area (Å²) in [6, 6.07) is 5.75. The third-order valence-corrected chi connectivity index (χ3v) is 5.09. The van der Waals surface area contributed by atoms with Crippen LogP contribution in [0.3, 0.4) is 0 Å². The van der Waals surface area contributed by atoms with Crippen LogP contribution in [0.2, 0.25) is 0 Å². The predicted octanol–water partition coefficient (Wildman–Crippen LogP) is 0.313. The number of fused-ring (bicyclic) bond motifs is 2. The first-order valence-corrected chi connectivity index (χ1v) is 8.59. The predicted molar refractivity (Wildman–Crippen MR) is 88.9 cm³/mol. The van der Waals surface area contributed by atoms with Crippen molar-refractivity contribution >= 4 is 35.2 Å². The molecule has 0 saturated carbocycles. The highest BCUT2D eigenvalue weighted by Gasteiger charge is 2.44. The Kier molecular flexibility index (Phi) is 3.82. The van der Waals surface area contributed by atoms with Gasteiger partial charge >= 0.3 is 0 Å². The van der Waals surface area contributed by atoms with Gasteiger partial charge in [-0.05, 0) is 25.0 Å². The zero-order valence-electron chi connectivity index (χ0n) is 14.0. The van der Waals surface area contributed by atoms with Gasteiger partial charge in [-0.2, -0.15) is 0 Å². The van der Waals surface area contributed by atoms with Crippen molar-refractivity contribution in [2.75, 3.05) is 18.0 Å². The number of amides is 5. The molecule has 2 fully saturated rings. The van der Waals surface area contributed by atoms with Gasteiger partial charge in [-0.25, -0.2) is 4.90 Å². The lowest BCUT2D eigenvalue weighted by Gasteiger charge is -2.25. The van der Waals surface area contributed by atoms with Gasteiger partial charge in [-0.15, -0.1) is 0 Å². The van der Waals surface area contributed by atoms with Crippen LogP contribution in [0.5, 0.6) is 0 Å². The van der Waals surface area contributed by atoms with Gasteiger partial charge in [-0.1, -0.05) is 12.1 Å². The lowest BCUT2D eigenvalue weighted by atomic mass is 10.1. The summed E-state index contributed by atoms with van der Waals surface area (Å²) in [4.78, 5) is 65.7. The van der Waals surface area contributed by atoms with Crippen LogP contribution >= 0.6 is 0 Å². The fraction of sp³-hybridized carbons (Fsp3) is 0.389. The van der Waals surface area contributed by atoms with Crippen molar-refractivity contribution < 1.29 is 24.0 Å². The van der Waals surface area contributed by atoms with Gasteiger partial charge in [0.25, 0.3) is 17.7 Å². The van der Waals surface area contributed by atoms with Gasteiger partial charge in [0.05, 0.1) is 11.3 Å². The number of para-hydroxylation sites is 1. The number of hydrogen-bond donors (Lipinski definition) is 0. The molecule has 3 aliphatic rings. The van der Waals surface area contributed by atoms with Crippen LogP contribution in [0.15, 0.2) is 24.3 Å². The van der Waals surface area contributed by atoms with E-state index >= 15 is 0 Å². The van der Waals surface area contributed by atoms with Crippen LogP contribution in [0.1, 0.15) is 36.0 Å². The average molecular weight is 355 g/mol. The second-order valence-corrected chi connectivity index (χ2v) is 6.61. The van der Waals surface area contributed by atoms with E-state index in [0.717, 1.165) is 9.80 Å². The van der Waals surface area contributed by atoms with Crippen molar-refractivity contribution in [3.8, 4) is 0 Å². The molecular formula is C18H17N3O5. The first-order chi connectivity index (χ1) is 12.5. The molecule has 3 heterocycles. The van der Waals surface area contributed by atoms with Crippen molar-refractivity contribution in [3.05, 3.63) is 29.8 Å². The summed E-state index contributed by atoms with van der Waals surface area (Å²) < 4.78 is 0. The van der Waals surface area contributed by atoms with Gasteiger partial charge in [0.2, 0.25) is 11.8 Å². The third kappa shape index (κ3) is 2.40. The lowest BCUT2D eigenvalue weighted by Crippen LogP contribution is -2.50. The third-order valence-electron chi connectivity index (χ3n) is 5.09. The molecule has 0 N–H and O–H groups in total. The molecule has 8 heteroatoms. The molecule has 1 aromatic carbocycles. The van der Waals surface area contributed by atoms with E-state index in [1.165, 1.54) is 4.90 Å². The maximum Gasteiger partial charge on any atom is 0.256 e. The Labute approximate surface area is 149 Å². The molecule has 1 aromatic rings. The smallest absolute Gasteiger partial charge is 0.256 e. The van der Waals surface area contributed by atoms with E-state index in [-0.39, 0.29) is 30.0 Å². The number of nitrogens with zero attached hydrogens (tertiary/aromatic N) is 3. The van der Waals surface area contributed by atoms with E-state index in [2.05, 4.69) is 0 Å². The normalized spacial score (nSPS) is 22.6. The highest BCUT2D eigenvalue weighted by molar-refractivity contribution is 6.23. The topological polar surface area (TPSA) is 95.1 Å². The van der Waals surface area contributed by atoms with Crippen molar-refractivity contribution in [1.82, 2.24) is 9.80 Å². The first kappa shape index (κ1) is 16.4. The van der Waals surface area contributed by atoms with E-state index in [1.54, 1.807) is 24.3 Å². The second kappa shape index (κ2) is 6.05. The van der Waals surface area contributed by atoms with Gasteiger partial charge in [0, 0.05) is 19.4 Å². The summed E-state index contributed by atoms with van der Waals surface area (Å²) in [6.07, 6.45) is 1.33. The summed E-state index contributed by atoms with van der Waals surface area (Å²) in [5.41, 5.74) is 0.485. The minimum Gasteiger partial charge on any atom is -0.327 e. The van der Waals surface area contributed by atoms with Crippen LogP contribution in [-0.2, 0) is 19.2 Å². The molecule has 0 aromatic heterocycles. The minimum absolute atomic E-state index is 0.0749. The van der Waals surface area contributed by atoms with Gasteiger partial charge < -0.3 is 4.90 Å². The van der Waals surface area contributed by atoms with E-state index < -0.39 is 36.2 Å². The Morgan fingerprint density at radius 3 is 2.46 bits per heavy atom. The van der Waals surface area contributed by atoms with Crippen LogP contribution in [-0.4, -0.2) is 58.5 Å². The highest BCUT2D eigenvalue weighted by atomic mass is 16.2. The molecule has 26 heavy (non-hydrogen) atoms. The van der Waals surface area contributed by atoms with Gasteiger partial charge in [0.1, 0.15) is 12.6 Å². The summed E-state index contributed by atoms with van der Waals surface area (Å²) in [5, 5.41) is 0. The summed E-state index contributed by atoms with van der Waals surface area (Å²) in [5.74, 6) is -2.27. The lowest BCUT2D eigenvalue weighted by molar-refractivity contribution is -0.142. The Balaban J connectivity index is 1.73. The standard InChI is InChI=1S/C18H17N3O5/c22-14-7-8-15(23)20(14)10-16(24)21-12-5-2-1-4-11(12)17(25)19-9-3-6-13(19)18(21)26/h1-2,4-5,13H,3,6-10H2. The molecule has 1 atom stereocenters. The molecular weight excluding hydrogens is 338 g/mol. The van der Waals surface area contributed by atoms with Gasteiger partial charge in [-0.3, -0.25) is 28.9 Å². The molecule has 0 bridgehead atoms. The molecule has 0 aliphatic carbocycles. The number of hydrogen-bond acceptors (Lipinski definition) is 5. The van der Waals surface area contributed by atoms with Crippen LogP contribution in [0, 0.1) is 0 Å². The van der Waals surface area contributed by atoms with Crippen LogP contribution < -0.4 is 4.90 Å². The number of anilines is 1. The van der Waals surface area contributed by atoms with E-state index in [1.807, 2.05) is 0 Å². The van der Waals surface area contributed by atoms with Crippen LogP contribution in [0.4, 0.5) is 5.69 Å². The molecule has 0 radical (unpaired) electrons. The molecule has 0 spiro atoms. The Hall–Kier alpha value is -3.03. The fourth-order valence-electron chi connectivity index (χ4n) is 3.80. The zero-order valence-corrected chi connectivity index (χ0v) is 14.0. The van der Waals surface area contributed by atoms with Crippen molar-refractivity contribution in [3.63, 3.8) is 0 Å². The molecule has 5 amide bonds. The molecule has 2 saturated heterocycles. The van der Waals surface area contributed by atoms with Crippen molar-refractivity contribution in [2.45, 2.75) is 31.7 Å². The first-order valence-electron chi connectivity index (χ1n) is 8.59. The number of carbonyl (C=O) groups excluding carboxylic acids is 5. The van der Waals surface area contributed by atoms with Gasteiger partial charge in [0.15, 0.2) is 0 Å². The molecule has 8 nitrogen and oxygen atoms in total. The number of benzene rings is 1. The molecule has 134 valence electrons. The molecule has 4 rings (SSSR count). The van der Waals surface area contributed by atoms with E-state index in [0.29, 0.717) is 19.4 Å². The zero-order chi connectivity index (χ0) is 18.4.